The van der Waals surface area contributed by atoms with Crippen LogP contribution >= 0.6 is 0 Å². The van der Waals surface area contributed by atoms with Gasteiger partial charge in [0.2, 0.25) is 0 Å². The summed E-state index contributed by atoms with van der Waals surface area (Å²) in [6, 6.07) is 1.51. The highest BCUT2D eigenvalue weighted by atomic mass is 16.5. The molecule has 3 aromatic rings. The fourth-order valence-corrected chi connectivity index (χ4v) is 2.66. The Morgan fingerprint density at radius 2 is 2.12 bits per heavy atom. The van der Waals surface area contributed by atoms with Crippen molar-refractivity contribution in [3.8, 4) is 0 Å². The minimum absolute atomic E-state index is 0.234. The van der Waals surface area contributed by atoms with Crippen molar-refractivity contribution in [3.63, 3.8) is 0 Å². The molecule has 0 fully saturated rings. The number of rotatable bonds is 4. The first-order chi connectivity index (χ1) is 11.4. The maximum absolute atomic E-state index is 12.5. The molecule has 0 aliphatic rings. The van der Waals surface area contributed by atoms with Crippen LogP contribution in [0.5, 0.6) is 0 Å². The topological polar surface area (TPSA) is 96.5 Å². The Balaban J connectivity index is 1.78. The third-order valence-corrected chi connectivity index (χ3v) is 4.04. The minimum Gasteiger partial charge on any atom is -0.361 e. The van der Waals surface area contributed by atoms with Gasteiger partial charge in [0, 0.05) is 37.1 Å². The first-order valence-electron chi connectivity index (χ1n) is 7.63. The number of carbonyl (C=O) groups excluding carboxylic acids is 1. The molecule has 126 valence electrons. The number of aromatic nitrogens is 4. The second-order valence-corrected chi connectivity index (χ2v) is 5.91. The molecule has 24 heavy (non-hydrogen) atoms. The van der Waals surface area contributed by atoms with Crippen LogP contribution in [-0.2, 0) is 6.42 Å². The number of aromatic amines is 1. The summed E-state index contributed by atoms with van der Waals surface area (Å²) in [6.07, 6.45) is 2.33. The number of likely N-dealkylation sites (N-methyl/N-ethyl adjacent to an activating group) is 1. The summed E-state index contributed by atoms with van der Waals surface area (Å²) in [5, 5.41) is 8.12. The van der Waals surface area contributed by atoms with E-state index in [2.05, 4.69) is 15.2 Å². The number of aryl methyl sites for hydroxylation is 3. The van der Waals surface area contributed by atoms with Crippen molar-refractivity contribution in [1.29, 1.82) is 0 Å². The molecule has 8 heteroatoms. The van der Waals surface area contributed by atoms with Crippen molar-refractivity contribution in [3.05, 3.63) is 51.0 Å². The number of hydrogen-bond acceptors (Lipinski definition) is 5. The van der Waals surface area contributed by atoms with Crippen molar-refractivity contribution in [2.45, 2.75) is 27.2 Å². The average Bonchev–Trinajstić information content (AvgIpc) is 3.08. The Hall–Kier alpha value is -2.90. The van der Waals surface area contributed by atoms with Gasteiger partial charge in [0.05, 0.1) is 5.69 Å². The quantitative estimate of drug-likeness (QED) is 0.777. The van der Waals surface area contributed by atoms with E-state index in [1.807, 2.05) is 13.8 Å². The van der Waals surface area contributed by atoms with Gasteiger partial charge in [0.1, 0.15) is 11.3 Å². The SMILES string of the molecule is Cc1cn2nc(C(=O)N(C)CCc3c(C)noc3C)cc2c(=O)[nH]1. The molecule has 0 radical (unpaired) electrons. The van der Waals surface area contributed by atoms with Crippen molar-refractivity contribution in [1.82, 2.24) is 24.7 Å². The van der Waals surface area contributed by atoms with E-state index in [1.165, 1.54) is 10.6 Å². The van der Waals surface area contributed by atoms with E-state index in [0.29, 0.717) is 24.2 Å². The molecular weight excluding hydrogens is 310 g/mol. The van der Waals surface area contributed by atoms with Crippen LogP contribution in [0, 0.1) is 20.8 Å². The lowest BCUT2D eigenvalue weighted by Crippen LogP contribution is -2.29. The molecule has 1 N–H and O–H groups in total. The molecule has 3 aromatic heterocycles. The molecular formula is C16H19N5O3. The third kappa shape index (κ3) is 2.82. The Morgan fingerprint density at radius 3 is 2.79 bits per heavy atom. The van der Waals surface area contributed by atoms with Crippen LogP contribution in [0.4, 0.5) is 0 Å². The number of amides is 1. The molecule has 0 aliphatic heterocycles. The summed E-state index contributed by atoms with van der Waals surface area (Å²) < 4.78 is 6.56. The molecule has 0 unspecified atom stereocenters. The van der Waals surface area contributed by atoms with Gasteiger partial charge in [-0.1, -0.05) is 5.16 Å². The molecule has 0 bridgehead atoms. The number of carbonyl (C=O) groups is 1. The van der Waals surface area contributed by atoms with E-state index in [0.717, 1.165) is 17.0 Å². The fraction of sp³-hybridized carbons (Fsp3) is 0.375. The van der Waals surface area contributed by atoms with Gasteiger partial charge in [0.25, 0.3) is 11.5 Å². The van der Waals surface area contributed by atoms with Gasteiger partial charge in [-0.15, -0.1) is 0 Å². The molecule has 0 spiro atoms. The summed E-state index contributed by atoms with van der Waals surface area (Å²) in [7, 11) is 1.71. The number of fused-ring (bicyclic) bond motifs is 1. The second kappa shape index (κ2) is 5.95. The van der Waals surface area contributed by atoms with Gasteiger partial charge in [-0.3, -0.25) is 9.59 Å². The van der Waals surface area contributed by atoms with Crippen LogP contribution in [0.1, 0.15) is 33.2 Å². The lowest BCUT2D eigenvalue weighted by Gasteiger charge is -2.15. The van der Waals surface area contributed by atoms with Crippen molar-refractivity contribution < 1.29 is 9.32 Å². The molecule has 8 nitrogen and oxygen atoms in total. The van der Waals surface area contributed by atoms with Crippen LogP contribution in [0.3, 0.4) is 0 Å². The van der Waals surface area contributed by atoms with Crippen LogP contribution < -0.4 is 5.56 Å². The van der Waals surface area contributed by atoms with Crippen LogP contribution in [0.15, 0.2) is 21.6 Å². The van der Waals surface area contributed by atoms with E-state index in [4.69, 9.17) is 4.52 Å². The predicted molar refractivity (Wildman–Crippen MR) is 87.2 cm³/mol. The zero-order valence-corrected chi connectivity index (χ0v) is 14.1. The fourth-order valence-electron chi connectivity index (χ4n) is 2.66. The normalized spacial score (nSPS) is 11.2. The Labute approximate surface area is 138 Å². The Bertz CT molecular complexity index is 946. The highest BCUT2D eigenvalue weighted by molar-refractivity contribution is 5.93. The van der Waals surface area contributed by atoms with E-state index in [-0.39, 0.29) is 17.2 Å². The Kier molecular flexibility index (Phi) is 3.96. The van der Waals surface area contributed by atoms with Gasteiger partial charge < -0.3 is 14.4 Å². The van der Waals surface area contributed by atoms with Crippen LogP contribution in [0.2, 0.25) is 0 Å². The number of nitrogens with zero attached hydrogens (tertiary/aromatic N) is 4. The van der Waals surface area contributed by atoms with E-state index in [1.54, 1.807) is 25.1 Å². The van der Waals surface area contributed by atoms with Gasteiger partial charge in [-0.2, -0.15) is 5.10 Å². The largest absolute Gasteiger partial charge is 0.361 e. The molecule has 3 rings (SSSR count). The molecule has 0 atom stereocenters. The van der Waals surface area contributed by atoms with Crippen LogP contribution in [0.25, 0.3) is 5.52 Å². The minimum atomic E-state index is -0.264. The number of hydrogen-bond donors (Lipinski definition) is 1. The van der Waals surface area contributed by atoms with E-state index in [9.17, 15) is 9.59 Å². The summed E-state index contributed by atoms with van der Waals surface area (Å²) in [6.45, 7) is 6.00. The zero-order chi connectivity index (χ0) is 17.4. The van der Waals surface area contributed by atoms with Crippen molar-refractivity contribution in [2.75, 3.05) is 13.6 Å². The van der Waals surface area contributed by atoms with Crippen molar-refractivity contribution in [2.24, 2.45) is 0 Å². The maximum atomic E-state index is 12.5. The molecule has 1 amide bonds. The van der Waals surface area contributed by atoms with E-state index < -0.39 is 0 Å². The van der Waals surface area contributed by atoms with Gasteiger partial charge in [-0.25, -0.2) is 4.52 Å². The summed E-state index contributed by atoms with van der Waals surface area (Å²) >= 11 is 0. The average molecular weight is 329 g/mol. The monoisotopic (exact) mass is 329 g/mol. The number of nitrogens with one attached hydrogen (secondary N) is 1. The van der Waals surface area contributed by atoms with Crippen molar-refractivity contribution >= 4 is 11.4 Å². The van der Waals surface area contributed by atoms with E-state index >= 15 is 0 Å². The maximum Gasteiger partial charge on any atom is 0.274 e. The molecule has 0 saturated heterocycles. The van der Waals surface area contributed by atoms with Gasteiger partial charge in [0.15, 0.2) is 5.69 Å². The zero-order valence-electron chi connectivity index (χ0n) is 14.1. The third-order valence-electron chi connectivity index (χ3n) is 4.04. The molecule has 0 aliphatic carbocycles. The van der Waals surface area contributed by atoms with Crippen LogP contribution in [-0.4, -0.2) is 44.2 Å². The standard InChI is InChI=1S/C16H19N5O3/c1-9-8-21-14(15(22)17-9)7-13(18-21)16(23)20(4)6-5-12-10(2)19-24-11(12)3/h7-8H,5-6H2,1-4H3,(H,17,22). The molecule has 3 heterocycles. The second-order valence-electron chi connectivity index (χ2n) is 5.91. The number of H-pyrrole nitrogens is 1. The highest BCUT2D eigenvalue weighted by Crippen LogP contribution is 2.14. The van der Waals surface area contributed by atoms with Gasteiger partial charge in [-0.05, 0) is 27.2 Å². The summed E-state index contributed by atoms with van der Waals surface area (Å²) in [5.74, 6) is 0.533. The first-order valence-corrected chi connectivity index (χ1v) is 7.63. The molecule has 0 saturated carbocycles. The summed E-state index contributed by atoms with van der Waals surface area (Å²) in [4.78, 5) is 28.7. The lowest BCUT2D eigenvalue weighted by atomic mass is 10.1. The molecule has 0 aromatic carbocycles. The first kappa shape index (κ1) is 16.0. The lowest BCUT2D eigenvalue weighted by molar-refractivity contribution is 0.0790. The highest BCUT2D eigenvalue weighted by Gasteiger charge is 2.18. The van der Waals surface area contributed by atoms with Gasteiger partial charge >= 0.3 is 0 Å². The smallest absolute Gasteiger partial charge is 0.274 e. The predicted octanol–water partition coefficient (Wildman–Crippen LogP) is 1.25. The summed E-state index contributed by atoms with van der Waals surface area (Å²) in [5.41, 5.74) is 2.86. The Morgan fingerprint density at radius 1 is 1.38 bits per heavy atom.